The number of pyridine rings is 1. The Kier molecular flexibility index (Phi) is 6.66. The molecule has 10 heteroatoms. The van der Waals surface area contributed by atoms with Crippen LogP contribution in [-0.2, 0) is 11.2 Å². The summed E-state index contributed by atoms with van der Waals surface area (Å²) < 4.78 is 0. The maximum absolute atomic E-state index is 11.4. The Morgan fingerprint density at radius 3 is 2.92 bits per heavy atom. The number of aryl methyl sites for hydroxylation is 1. The van der Waals surface area contributed by atoms with E-state index in [1.54, 1.807) is 18.5 Å². The van der Waals surface area contributed by atoms with E-state index >= 15 is 0 Å². The molecule has 0 spiro atoms. The van der Waals surface area contributed by atoms with E-state index < -0.39 is 0 Å². The quantitative estimate of drug-likeness (QED) is 0.558. The number of carbonyl (C=O) groups excluding carboxylic acids is 1. The van der Waals surface area contributed by atoms with Gasteiger partial charge in [-0.15, -0.1) is 12.4 Å². The lowest BCUT2D eigenvalue weighted by Crippen LogP contribution is -2.20. The van der Waals surface area contributed by atoms with Crippen LogP contribution in [0.5, 0.6) is 0 Å². The number of hydrogen-bond acceptors (Lipinski definition) is 8. The Labute approximate surface area is 156 Å². The Bertz CT molecular complexity index is 835. The third kappa shape index (κ3) is 4.56. The molecule has 1 aliphatic heterocycles. The first-order valence-corrected chi connectivity index (χ1v) is 7.96. The highest BCUT2D eigenvalue weighted by Gasteiger charge is 2.17. The predicted molar refractivity (Wildman–Crippen MR) is 101 cm³/mol. The summed E-state index contributed by atoms with van der Waals surface area (Å²) in [6.07, 6.45) is 4.92. The maximum Gasteiger partial charge on any atom is 0.227 e. The molecule has 26 heavy (non-hydrogen) atoms. The molecule has 3 rings (SSSR count). The van der Waals surface area contributed by atoms with Gasteiger partial charge in [-0.05, 0) is 19.0 Å². The van der Waals surface area contributed by atoms with Gasteiger partial charge in [0, 0.05) is 19.4 Å². The van der Waals surface area contributed by atoms with Gasteiger partial charge in [-0.1, -0.05) is 0 Å². The molecule has 0 radical (unpaired) electrons. The number of aromatic nitrogens is 3. The van der Waals surface area contributed by atoms with E-state index in [0.29, 0.717) is 54.6 Å². The van der Waals surface area contributed by atoms with Crippen molar-refractivity contribution >= 4 is 41.3 Å². The van der Waals surface area contributed by atoms with Crippen LogP contribution in [0.15, 0.2) is 18.5 Å². The van der Waals surface area contributed by atoms with Crippen molar-refractivity contribution in [1.82, 2.24) is 15.0 Å². The fourth-order valence-electron chi connectivity index (χ4n) is 2.43. The highest BCUT2D eigenvalue weighted by molar-refractivity contribution is 5.93. The van der Waals surface area contributed by atoms with Crippen LogP contribution >= 0.6 is 12.4 Å². The normalized spacial score (nSPS) is 12.2. The molecule has 0 aromatic carbocycles. The Balaban J connectivity index is 0.00000243. The molecular weight excluding hydrogens is 356 g/mol. The number of amides is 1. The zero-order valence-corrected chi connectivity index (χ0v) is 14.8. The summed E-state index contributed by atoms with van der Waals surface area (Å²) in [4.78, 5) is 24.1. The summed E-state index contributed by atoms with van der Waals surface area (Å²) in [6.45, 7) is 1.23. The molecule has 0 atom stereocenters. The molecule has 0 bridgehead atoms. The minimum atomic E-state index is -0.0266. The summed E-state index contributed by atoms with van der Waals surface area (Å²) in [5, 5.41) is 18.1. The molecule has 2 aromatic heterocycles. The van der Waals surface area contributed by atoms with Gasteiger partial charge in [0.2, 0.25) is 11.9 Å². The molecule has 0 aliphatic carbocycles. The summed E-state index contributed by atoms with van der Waals surface area (Å²) in [7, 11) is 0. The highest BCUT2D eigenvalue weighted by Crippen LogP contribution is 2.23. The van der Waals surface area contributed by atoms with Crippen LogP contribution < -0.4 is 21.7 Å². The van der Waals surface area contributed by atoms with E-state index in [-0.39, 0.29) is 18.3 Å². The molecular formula is C16H19ClN8O. The zero-order valence-electron chi connectivity index (χ0n) is 14.0. The number of hydrogen-bond donors (Lipinski definition) is 4. The number of nitrogens with zero attached hydrogens (tertiary/aromatic N) is 4. The van der Waals surface area contributed by atoms with Crippen LogP contribution in [0, 0.1) is 11.3 Å². The van der Waals surface area contributed by atoms with Crippen molar-refractivity contribution in [1.29, 1.82) is 5.26 Å². The number of anilines is 4. The Morgan fingerprint density at radius 1 is 1.31 bits per heavy atom. The molecule has 136 valence electrons. The van der Waals surface area contributed by atoms with Crippen molar-refractivity contribution < 1.29 is 4.79 Å². The smallest absolute Gasteiger partial charge is 0.227 e. The first kappa shape index (κ1) is 19.4. The van der Waals surface area contributed by atoms with Crippen LogP contribution in [0.1, 0.15) is 24.2 Å². The number of fused-ring (bicyclic) bond motifs is 1. The van der Waals surface area contributed by atoms with Crippen LogP contribution in [0.3, 0.4) is 0 Å². The average molecular weight is 375 g/mol. The lowest BCUT2D eigenvalue weighted by Gasteiger charge is -2.16. The van der Waals surface area contributed by atoms with Crippen molar-refractivity contribution in [2.24, 2.45) is 5.73 Å². The van der Waals surface area contributed by atoms with E-state index in [9.17, 15) is 4.79 Å². The van der Waals surface area contributed by atoms with Gasteiger partial charge in [0.25, 0.3) is 0 Å². The molecule has 3 heterocycles. The lowest BCUT2D eigenvalue weighted by atomic mass is 10.1. The first-order chi connectivity index (χ1) is 12.2. The third-order valence-corrected chi connectivity index (χ3v) is 3.68. The molecule has 0 saturated heterocycles. The first-order valence-electron chi connectivity index (χ1n) is 7.96. The van der Waals surface area contributed by atoms with Crippen molar-refractivity contribution in [3.63, 3.8) is 0 Å². The molecule has 0 saturated carbocycles. The standard InChI is InChI=1S/C16H18N8O.ClH/c17-4-1-5-19-12-6-10(8-20-13(12)7-18)22-16-21-9-14-11(24-16)2-3-15(25)23-14;/h6,8-9,19H,1-5,17H2,(H,23,25)(H,21,22,24);1H. The fraction of sp³-hybridized carbons (Fsp3) is 0.312. The lowest BCUT2D eigenvalue weighted by molar-refractivity contribution is -0.116. The molecule has 9 nitrogen and oxygen atoms in total. The summed E-state index contributed by atoms with van der Waals surface area (Å²) in [5.41, 5.74) is 8.53. The van der Waals surface area contributed by atoms with Gasteiger partial charge in [-0.3, -0.25) is 4.79 Å². The second-order valence-corrected chi connectivity index (χ2v) is 5.53. The van der Waals surface area contributed by atoms with E-state index in [1.807, 2.05) is 0 Å². The molecule has 5 N–H and O–H groups in total. The van der Waals surface area contributed by atoms with Crippen molar-refractivity contribution in [2.75, 3.05) is 29.0 Å². The largest absolute Gasteiger partial charge is 0.383 e. The van der Waals surface area contributed by atoms with Gasteiger partial charge in [0.15, 0.2) is 5.69 Å². The van der Waals surface area contributed by atoms with Gasteiger partial charge < -0.3 is 21.7 Å². The predicted octanol–water partition coefficient (Wildman–Crippen LogP) is 1.55. The second kappa shape index (κ2) is 8.94. The topological polar surface area (TPSA) is 142 Å². The van der Waals surface area contributed by atoms with Gasteiger partial charge in [0.1, 0.15) is 6.07 Å². The molecule has 1 aliphatic rings. The molecule has 2 aromatic rings. The fourth-order valence-corrected chi connectivity index (χ4v) is 2.43. The Morgan fingerprint density at radius 2 is 2.15 bits per heavy atom. The number of nitrogens with two attached hydrogens (primary N) is 1. The number of rotatable bonds is 6. The van der Waals surface area contributed by atoms with Gasteiger partial charge in [0.05, 0.1) is 35.1 Å². The minimum absolute atomic E-state index is 0. The molecule has 0 fully saturated rings. The van der Waals surface area contributed by atoms with Gasteiger partial charge >= 0.3 is 0 Å². The summed E-state index contributed by atoms with van der Waals surface area (Å²) in [5.74, 6) is 0.385. The van der Waals surface area contributed by atoms with Crippen molar-refractivity contribution in [2.45, 2.75) is 19.3 Å². The van der Waals surface area contributed by atoms with Gasteiger partial charge in [-0.25, -0.2) is 15.0 Å². The number of carbonyl (C=O) groups is 1. The highest BCUT2D eigenvalue weighted by atomic mass is 35.5. The number of nitriles is 1. The van der Waals surface area contributed by atoms with Crippen molar-refractivity contribution in [3.05, 3.63) is 29.8 Å². The summed E-state index contributed by atoms with van der Waals surface area (Å²) in [6, 6.07) is 3.84. The van der Waals surface area contributed by atoms with E-state index in [4.69, 9.17) is 11.0 Å². The summed E-state index contributed by atoms with van der Waals surface area (Å²) >= 11 is 0. The number of halogens is 1. The van der Waals surface area contributed by atoms with Crippen LogP contribution in [0.2, 0.25) is 0 Å². The van der Waals surface area contributed by atoms with Crippen molar-refractivity contribution in [3.8, 4) is 6.07 Å². The van der Waals surface area contributed by atoms with E-state index in [2.05, 4.69) is 37.0 Å². The van der Waals surface area contributed by atoms with Crippen LogP contribution in [0.4, 0.5) is 23.0 Å². The van der Waals surface area contributed by atoms with E-state index in [1.165, 1.54) is 0 Å². The maximum atomic E-state index is 11.4. The van der Waals surface area contributed by atoms with Gasteiger partial charge in [-0.2, -0.15) is 5.26 Å². The molecule has 0 unspecified atom stereocenters. The average Bonchev–Trinajstić information content (AvgIpc) is 2.62. The van der Waals surface area contributed by atoms with E-state index in [0.717, 1.165) is 12.1 Å². The Hall–Kier alpha value is -2.96. The van der Waals surface area contributed by atoms with Crippen LogP contribution in [0.25, 0.3) is 0 Å². The molecule has 1 amide bonds. The third-order valence-electron chi connectivity index (χ3n) is 3.68. The monoisotopic (exact) mass is 374 g/mol. The zero-order chi connectivity index (χ0) is 17.6. The second-order valence-electron chi connectivity index (χ2n) is 5.53. The SMILES string of the molecule is Cl.N#Cc1ncc(Nc2ncc3c(n2)CCC(=O)N3)cc1NCCCN. The number of nitrogens with one attached hydrogen (secondary N) is 3. The minimum Gasteiger partial charge on any atom is -0.383 e. The van der Waals surface area contributed by atoms with Crippen LogP contribution in [-0.4, -0.2) is 33.9 Å².